The zero-order chi connectivity index (χ0) is 6.95. The molecule has 0 saturated heterocycles. The molecule has 0 bridgehead atoms. The maximum absolute atomic E-state index is 7.49. The van der Waals surface area contributed by atoms with Gasteiger partial charge in [-0.15, -0.1) is 0 Å². The molecule has 0 aliphatic carbocycles. The van der Waals surface area contributed by atoms with Crippen LogP contribution in [0, 0.1) is 0 Å². The van der Waals surface area contributed by atoms with Crippen LogP contribution in [0.2, 0.25) is 0 Å². The molecule has 0 unspecified atom stereocenters. The number of aliphatic hydroxyl groups is 1. The monoisotopic (exact) mass is 189 g/mol. The molecule has 0 amide bonds. The Morgan fingerprint density at radius 3 is 1.78 bits per heavy atom. The highest BCUT2D eigenvalue weighted by atomic mass is 79.9. The molecule has 1 N–H and O–H groups in total. The highest BCUT2D eigenvalue weighted by Crippen LogP contribution is 1.73. The van der Waals surface area contributed by atoms with Crippen LogP contribution in [0.5, 0.6) is 0 Å². The number of pyridine rings is 1. The van der Waals surface area contributed by atoms with Crippen LogP contribution < -0.4 is 0 Å². The van der Waals surface area contributed by atoms with E-state index in [0.29, 0.717) is 0 Å². The first-order valence-electron chi connectivity index (χ1n) is 2.43. The van der Waals surface area contributed by atoms with Crippen LogP contribution in [-0.2, 0) is 0 Å². The number of nitrogens with zero attached hydrogens (tertiary/aromatic N) is 1. The third kappa shape index (κ3) is 7.59. The second-order valence-electron chi connectivity index (χ2n) is 1.14. The zero-order valence-electron chi connectivity index (χ0n) is 4.87. The van der Waals surface area contributed by atoms with Crippen molar-refractivity contribution in [1.82, 2.24) is 4.98 Å². The molecule has 3 heteroatoms. The Kier molecular flexibility index (Phi) is 7.24. The molecule has 1 aromatic heterocycles. The van der Waals surface area contributed by atoms with Crippen LogP contribution >= 0.6 is 15.9 Å². The van der Waals surface area contributed by atoms with Gasteiger partial charge in [-0.3, -0.25) is 4.98 Å². The molecule has 0 aliphatic heterocycles. The lowest BCUT2D eigenvalue weighted by Crippen LogP contribution is -1.58. The van der Waals surface area contributed by atoms with Gasteiger partial charge < -0.3 is 5.11 Å². The van der Waals surface area contributed by atoms with Crippen molar-refractivity contribution in [3.63, 3.8) is 0 Å². The maximum atomic E-state index is 7.49. The Morgan fingerprint density at radius 2 is 1.67 bits per heavy atom. The molecule has 0 saturated carbocycles. The lowest BCUT2D eigenvalue weighted by Gasteiger charge is -1.70. The molecule has 0 fully saturated rings. The highest BCUT2D eigenvalue weighted by Gasteiger charge is 1.58. The number of halogens is 1. The predicted octanol–water partition coefficient (Wildman–Crippen LogP) is 1.41. The van der Waals surface area contributed by atoms with E-state index in [1.807, 2.05) is 18.2 Å². The molecule has 0 aromatic carbocycles. The normalized spacial score (nSPS) is 7.33. The topological polar surface area (TPSA) is 33.1 Å². The number of rotatable bonds is 0. The smallest absolute Gasteiger partial charge is 0.0980 e. The van der Waals surface area contributed by atoms with Crippen LogP contribution in [-0.4, -0.2) is 15.6 Å². The van der Waals surface area contributed by atoms with Crippen molar-refractivity contribution in [2.75, 3.05) is 5.52 Å². The van der Waals surface area contributed by atoms with Crippen LogP contribution in [0.4, 0.5) is 0 Å². The van der Waals surface area contributed by atoms with E-state index in [4.69, 9.17) is 5.11 Å². The number of aliphatic hydroxyl groups excluding tert-OH is 1. The van der Waals surface area contributed by atoms with E-state index >= 15 is 0 Å². The second kappa shape index (κ2) is 7.59. The van der Waals surface area contributed by atoms with Crippen molar-refractivity contribution in [3.8, 4) is 0 Å². The third-order valence-electron chi connectivity index (χ3n) is 0.566. The highest BCUT2D eigenvalue weighted by molar-refractivity contribution is 9.09. The van der Waals surface area contributed by atoms with Crippen LogP contribution in [0.15, 0.2) is 30.6 Å². The minimum absolute atomic E-state index is 0.0625. The van der Waals surface area contributed by atoms with Crippen molar-refractivity contribution >= 4 is 15.9 Å². The average Bonchev–Trinajstić information content (AvgIpc) is 1.93. The fourth-order valence-electron chi connectivity index (χ4n) is 0.313. The van der Waals surface area contributed by atoms with Gasteiger partial charge in [-0.2, -0.15) is 0 Å². The number of hydrogen-bond donors (Lipinski definition) is 1. The van der Waals surface area contributed by atoms with Gasteiger partial charge in [0.2, 0.25) is 0 Å². The standard InChI is InChI=1S/C5H5N.CH3BrO/c1-2-4-6-5-3-1;2-1-3/h1-5H;3H,1H2. The summed E-state index contributed by atoms with van der Waals surface area (Å²) in [7, 11) is 0. The van der Waals surface area contributed by atoms with E-state index in [1.54, 1.807) is 12.4 Å². The summed E-state index contributed by atoms with van der Waals surface area (Å²) in [6, 6.07) is 5.72. The summed E-state index contributed by atoms with van der Waals surface area (Å²) in [6.45, 7) is 0. The summed E-state index contributed by atoms with van der Waals surface area (Å²) in [5.74, 6) is 0. The lowest BCUT2D eigenvalue weighted by atomic mass is 10.5. The average molecular weight is 190 g/mol. The largest absolute Gasteiger partial charge is 0.385 e. The molecule has 0 radical (unpaired) electrons. The Morgan fingerprint density at radius 1 is 1.22 bits per heavy atom. The molecule has 50 valence electrons. The first-order chi connectivity index (χ1) is 4.41. The minimum atomic E-state index is 0.0625. The van der Waals surface area contributed by atoms with Gasteiger partial charge in [-0.05, 0) is 12.1 Å². The quantitative estimate of drug-likeness (QED) is 0.627. The van der Waals surface area contributed by atoms with Gasteiger partial charge in [0.05, 0.1) is 5.52 Å². The van der Waals surface area contributed by atoms with E-state index in [2.05, 4.69) is 20.9 Å². The van der Waals surface area contributed by atoms with Crippen molar-refractivity contribution in [3.05, 3.63) is 30.6 Å². The van der Waals surface area contributed by atoms with Gasteiger partial charge in [-0.1, -0.05) is 22.0 Å². The Hall–Kier alpha value is -0.410. The van der Waals surface area contributed by atoms with Gasteiger partial charge in [0, 0.05) is 12.4 Å². The first kappa shape index (κ1) is 8.59. The molecule has 0 aliphatic rings. The molecule has 2 nitrogen and oxygen atoms in total. The van der Waals surface area contributed by atoms with Gasteiger partial charge in [0.1, 0.15) is 0 Å². The Bertz CT molecular complexity index is 95.9. The lowest BCUT2D eigenvalue weighted by molar-refractivity contribution is 0.381. The summed E-state index contributed by atoms with van der Waals surface area (Å²) in [5.41, 5.74) is 0.0625. The summed E-state index contributed by atoms with van der Waals surface area (Å²) in [5, 5.41) is 7.49. The van der Waals surface area contributed by atoms with Crippen LogP contribution in [0.3, 0.4) is 0 Å². The van der Waals surface area contributed by atoms with E-state index in [1.165, 1.54) is 0 Å². The van der Waals surface area contributed by atoms with E-state index < -0.39 is 0 Å². The van der Waals surface area contributed by atoms with Crippen molar-refractivity contribution in [2.45, 2.75) is 0 Å². The molecule has 0 atom stereocenters. The van der Waals surface area contributed by atoms with Crippen LogP contribution in [0.25, 0.3) is 0 Å². The molecule has 1 aromatic rings. The number of alkyl halides is 1. The molecule has 1 rings (SSSR count). The Labute approximate surface area is 62.7 Å². The van der Waals surface area contributed by atoms with Gasteiger partial charge in [-0.25, -0.2) is 0 Å². The third-order valence-corrected chi connectivity index (χ3v) is 0.566. The summed E-state index contributed by atoms with van der Waals surface area (Å²) in [4.78, 5) is 3.78. The SMILES string of the molecule is OCBr.c1ccncc1. The molecular weight excluding hydrogens is 182 g/mol. The van der Waals surface area contributed by atoms with Crippen molar-refractivity contribution in [2.24, 2.45) is 0 Å². The van der Waals surface area contributed by atoms with E-state index in [9.17, 15) is 0 Å². The fourth-order valence-corrected chi connectivity index (χ4v) is 0.313. The number of hydrogen-bond acceptors (Lipinski definition) is 2. The summed E-state index contributed by atoms with van der Waals surface area (Å²) in [6.07, 6.45) is 3.50. The summed E-state index contributed by atoms with van der Waals surface area (Å²) < 4.78 is 0. The van der Waals surface area contributed by atoms with Gasteiger partial charge >= 0.3 is 0 Å². The van der Waals surface area contributed by atoms with Crippen molar-refractivity contribution < 1.29 is 5.11 Å². The minimum Gasteiger partial charge on any atom is -0.385 e. The molecular formula is C6H8BrNO. The summed E-state index contributed by atoms with van der Waals surface area (Å²) >= 11 is 2.70. The predicted molar refractivity (Wildman–Crippen MR) is 40.2 cm³/mol. The zero-order valence-corrected chi connectivity index (χ0v) is 6.45. The number of aromatic nitrogens is 1. The molecule has 1 heterocycles. The van der Waals surface area contributed by atoms with E-state index in [-0.39, 0.29) is 5.52 Å². The van der Waals surface area contributed by atoms with Crippen LogP contribution in [0.1, 0.15) is 0 Å². The maximum Gasteiger partial charge on any atom is 0.0980 e. The molecule has 9 heavy (non-hydrogen) atoms. The first-order valence-corrected chi connectivity index (χ1v) is 3.55. The molecule has 0 spiro atoms. The fraction of sp³-hybridized carbons (Fsp3) is 0.167. The Balaban J connectivity index is 0.000000187. The van der Waals surface area contributed by atoms with Gasteiger partial charge in [0.25, 0.3) is 0 Å². The van der Waals surface area contributed by atoms with Gasteiger partial charge in [0.15, 0.2) is 0 Å². The second-order valence-corrected chi connectivity index (χ2v) is 1.65. The van der Waals surface area contributed by atoms with E-state index in [0.717, 1.165) is 0 Å². The van der Waals surface area contributed by atoms with Crippen molar-refractivity contribution in [1.29, 1.82) is 0 Å².